The van der Waals surface area contributed by atoms with Crippen molar-refractivity contribution in [3.8, 4) is 266 Å². The lowest BCUT2D eigenvalue weighted by Gasteiger charge is -2.44. The van der Waals surface area contributed by atoms with Crippen LogP contribution in [0.2, 0.25) is 0 Å². The van der Waals surface area contributed by atoms with Crippen LogP contribution in [0.4, 0.5) is 13.2 Å². The third kappa shape index (κ3) is 37.2. The number of nitrogens with one attached hydrogen (secondary N) is 2. The fourth-order valence-corrected chi connectivity index (χ4v) is 13.2. The van der Waals surface area contributed by atoms with Gasteiger partial charge in [0, 0.05) is 171 Å². The van der Waals surface area contributed by atoms with Crippen LogP contribution in [0.1, 0.15) is 140 Å². The van der Waals surface area contributed by atoms with Crippen molar-refractivity contribution < 1.29 is 49.5 Å². The van der Waals surface area contributed by atoms with Gasteiger partial charge < -0.3 is 33.7 Å². The number of hydrogen-bond acceptors (Lipinski definition) is 16. The molecule has 9 aromatic rings. The molecule has 136 heavy (non-hydrogen) atoms. The zero-order chi connectivity index (χ0) is 95.7. The van der Waals surface area contributed by atoms with Crippen molar-refractivity contribution in [2.24, 2.45) is 0 Å². The normalized spacial score (nSPS) is 13.0. The van der Waals surface area contributed by atoms with Crippen LogP contribution in [0.3, 0.4) is 0 Å². The molecule has 0 bridgehead atoms. The summed E-state index contributed by atoms with van der Waals surface area (Å²) < 4.78 is 97.6. The number of H-pyrrole nitrogens is 2. The SMILES string of the molecule is C.C#CC#CC.CC#CC#CC#CC#CC#CC#CC#CC#CC#CC#CC#CC#CC#CC#CC#CC#CC#CC#CC#CC.C[C@H](OS(C)(=O)=O)c1nc2c(cnn2C2CCOCC2)c(=O)[nH]1.C[C@H](c1nc2c(cnn2C2CCOCC2)c(=O)[nH]1)N1CC(Oc2ccc(F)cc2)C1.Fc1ccc(OC2CCC2)cc1.Fc1ccc(OC2CN(C(c3ccccc3)c3ccccc3)C2)cc1. The molecule has 0 amide bonds. The molecule has 5 aliphatic rings. The number of likely N-dealkylation sites (tertiary alicyclic amines) is 2. The molecule has 0 spiro atoms. The summed E-state index contributed by atoms with van der Waals surface area (Å²) in [4.78, 5) is 44.0. The molecule has 20 nitrogen and oxygen atoms in total. The van der Waals surface area contributed by atoms with Gasteiger partial charge in [0.05, 0.1) is 48.9 Å². The Morgan fingerprint density at radius 3 is 0.985 bits per heavy atom. The molecular formula is C112H87F3N10O10S. The molecule has 1 aliphatic carbocycles. The molecule has 2 atom stereocenters. The Bertz CT molecular complexity index is 7200. The number of benzene rings is 5. The highest BCUT2D eigenvalue weighted by atomic mass is 32.2. The quantitative estimate of drug-likeness (QED) is 0.0678. The van der Waals surface area contributed by atoms with Crippen LogP contribution >= 0.6 is 0 Å². The van der Waals surface area contributed by atoms with Gasteiger partial charge in [0.2, 0.25) is 0 Å². The largest absolute Gasteiger partial charge is 0.490 e. The van der Waals surface area contributed by atoms with Crippen molar-refractivity contribution in [2.75, 3.05) is 58.9 Å². The topological polar surface area (TPSA) is 223 Å². The molecule has 2 N–H and O–H groups in total. The van der Waals surface area contributed by atoms with E-state index in [1.807, 2.05) is 23.7 Å². The average molecular weight is 1820 g/mol. The van der Waals surface area contributed by atoms with Gasteiger partial charge in [-0.25, -0.2) is 32.5 Å². The van der Waals surface area contributed by atoms with Crippen LogP contribution < -0.4 is 25.3 Å². The van der Waals surface area contributed by atoms with Crippen molar-refractivity contribution in [3.05, 3.63) is 207 Å². The predicted octanol–water partition coefficient (Wildman–Crippen LogP) is 12.7. The van der Waals surface area contributed by atoms with E-state index < -0.39 is 16.2 Å². The van der Waals surface area contributed by atoms with E-state index in [4.69, 9.17) is 39.3 Å². The van der Waals surface area contributed by atoms with Gasteiger partial charge in [-0.2, -0.15) is 18.6 Å². The number of fused-ring (bicyclic) bond motifs is 2. The highest BCUT2D eigenvalue weighted by Gasteiger charge is 2.37. The van der Waals surface area contributed by atoms with Gasteiger partial charge in [0.1, 0.15) is 75.4 Å². The van der Waals surface area contributed by atoms with Crippen LogP contribution in [0.5, 0.6) is 17.2 Å². The van der Waals surface area contributed by atoms with Crippen molar-refractivity contribution in [1.29, 1.82) is 0 Å². The van der Waals surface area contributed by atoms with Crippen LogP contribution in [-0.4, -0.2) is 135 Å². The van der Waals surface area contributed by atoms with Gasteiger partial charge in [-0.3, -0.25) is 23.6 Å². The Morgan fingerprint density at radius 1 is 0.404 bits per heavy atom. The molecule has 5 aromatic carbocycles. The molecule has 672 valence electrons. The lowest BCUT2D eigenvalue weighted by atomic mass is 9.94. The summed E-state index contributed by atoms with van der Waals surface area (Å²) >= 11 is 0. The second kappa shape index (κ2) is 58.9. The zero-order valence-electron chi connectivity index (χ0n) is 74.4. The first-order valence-corrected chi connectivity index (χ1v) is 43.8. The van der Waals surface area contributed by atoms with Gasteiger partial charge in [-0.15, -0.1) is 6.42 Å². The third-order valence-electron chi connectivity index (χ3n) is 19.1. The highest BCUT2D eigenvalue weighted by Crippen LogP contribution is 2.35. The fourth-order valence-electron chi connectivity index (χ4n) is 12.5. The van der Waals surface area contributed by atoms with E-state index >= 15 is 0 Å². The molecule has 4 aromatic heterocycles. The number of terminal acetylenes is 1. The number of hydrogen-bond donors (Lipinski definition) is 2. The number of aromatic nitrogens is 8. The zero-order valence-corrected chi connectivity index (χ0v) is 75.2. The fraction of sp³-hybridized carbons (Fsp3) is 0.268. The maximum Gasteiger partial charge on any atom is 0.265 e. The average Bonchev–Trinajstić information content (AvgIpc) is 1.67. The number of halogens is 3. The van der Waals surface area contributed by atoms with E-state index in [1.165, 1.54) is 67.1 Å². The molecule has 8 heterocycles. The number of rotatable bonds is 16. The molecular weight excluding hydrogens is 1730 g/mol. The van der Waals surface area contributed by atoms with Crippen molar-refractivity contribution >= 4 is 32.2 Å². The summed E-state index contributed by atoms with van der Waals surface area (Å²) in [6.07, 6.45) is 15.2. The van der Waals surface area contributed by atoms with Gasteiger partial charge in [0.25, 0.3) is 21.2 Å². The van der Waals surface area contributed by atoms with Gasteiger partial charge >= 0.3 is 0 Å². The van der Waals surface area contributed by atoms with E-state index in [0.717, 1.165) is 69.4 Å². The van der Waals surface area contributed by atoms with E-state index in [0.29, 0.717) is 79.3 Å². The van der Waals surface area contributed by atoms with E-state index in [1.54, 1.807) is 68.0 Å². The summed E-state index contributed by atoms with van der Waals surface area (Å²) in [7, 11) is -3.66. The Balaban J connectivity index is 0.000000212. The van der Waals surface area contributed by atoms with Crippen LogP contribution in [0.25, 0.3) is 22.1 Å². The maximum atomic E-state index is 13.0. The minimum atomic E-state index is -3.66. The van der Waals surface area contributed by atoms with E-state index in [2.05, 4.69) is 326 Å². The summed E-state index contributed by atoms with van der Waals surface area (Å²) in [5.74, 6) is 105. The third-order valence-corrected chi connectivity index (χ3v) is 19.7. The second-order valence-corrected chi connectivity index (χ2v) is 30.1. The van der Waals surface area contributed by atoms with Crippen molar-refractivity contribution in [3.63, 3.8) is 0 Å². The lowest BCUT2D eigenvalue weighted by Crippen LogP contribution is -2.55. The molecule has 14 rings (SSSR count). The van der Waals surface area contributed by atoms with Crippen molar-refractivity contribution in [1.82, 2.24) is 49.3 Å². The van der Waals surface area contributed by atoms with Crippen LogP contribution in [0.15, 0.2) is 155 Å². The maximum absolute atomic E-state index is 13.0. The molecule has 1 saturated carbocycles. The van der Waals surface area contributed by atoms with E-state index in [-0.39, 0.29) is 78.2 Å². The number of nitrogens with zero attached hydrogens (tertiary/aromatic N) is 8. The second-order valence-electron chi connectivity index (χ2n) is 28.5. The van der Waals surface area contributed by atoms with Gasteiger partial charge in [-0.1, -0.05) is 85.9 Å². The summed E-state index contributed by atoms with van der Waals surface area (Å²) in [6, 6.07) is 40.0. The number of ether oxygens (including phenoxy) is 5. The Morgan fingerprint density at radius 2 is 0.699 bits per heavy atom. The molecule has 24 heteroatoms. The molecule has 4 aliphatic heterocycles. The van der Waals surface area contributed by atoms with Crippen LogP contribution in [0, 0.1) is 267 Å². The summed E-state index contributed by atoms with van der Waals surface area (Å²) in [6.45, 7) is 14.4. The lowest BCUT2D eigenvalue weighted by molar-refractivity contribution is -0.00739. The minimum absolute atomic E-state index is 0. The molecule has 0 radical (unpaired) electrons. The monoisotopic (exact) mass is 1820 g/mol. The highest BCUT2D eigenvalue weighted by molar-refractivity contribution is 7.86. The van der Waals surface area contributed by atoms with Crippen LogP contribution in [-0.2, 0) is 23.8 Å². The van der Waals surface area contributed by atoms with E-state index in [9.17, 15) is 31.2 Å². The standard InChI is InChI=1S/C40H6.C22H20FNO.C21H24FN5O3.C13H18N4O5S.C10H11FO.C5H4.CH4/c1-3-5-7-9-11-13-15-17-19-21-23-25-27-29-31-33-35-37-39-40-38-36-34-32-30-28-26-24-22-20-18-16-14-12-10-8-6-4-2;23-19-11-13-20(14-12-19)25-21-15-24(16-21)22(17-7-3-1-4-8-17)18-9-5-2-6-10-18;1-13(26-11-17(12-26)30-16-4-2-14(22)3-5-16)19-24-20-18(21(28)25-19)10-23-27(20)15-6-8-29-9-7-15;1-8(22-23(2,19)20)11-15-12-10(13(18)16-11)7-14-17(12)9-3-5-21-6-4-9;11-8-4-6-10(7-5-8)12-9-2-1-3-9;1-3-5-4-2;/h1-2H3;1-14,21-22H,15-16H2;2-5,10,13,15,17H,6-9,11-12H2,1H3,(H,24,25,28);7-9H,3-6H2,1-2H3,(H,15,16,18);4-7,9H,1-3H2;1H,2H3;1H4/t;;13-;8-;;;/m..10.../s1. The Labute approximate surface area is 793 Å². The van der Waals surface area contributed by atoms with Crippen molar-refractivity contribution in [2.45, 2.75) is 136 Å². The Hall–Kier alpha value is -17.5. The molecule has 4 saturated heterocycles. The van der Waals surface area contributed by atoms with Gasteiger partial charge in [0.15, 0.2) is 11.3 Å². The molecule has 5 fully saturated rings. The molecule has 0 unspecified atom stereocenters. The predicted molar refractivity (Wildman–Crippen MR) is 520 cm³/mol. The first-order valence-electron chi connectivity index (χ1n) is 41.9. The van der Waals surface area contributed by atoms with Gasteiger partial charge in [-0.05, 0) is 270 Å². The number of aromatic amines is 2. The summed E-state index contributed by atoms with van der Waals surface area (Å²) in [5, 5.41) is 9.60. The first-order chi connectivity index (χ1) is 65.9. The minimum Gasteiger partial charge on any atom is -0.490 e. The summed E-state index contributed by atoms with van der Waals surface area (Å²) in [5.41, 5.74) is 3.10. The first kappa shape index (κ1) is 104. The smallest absolute Gasteiger partial charge is 0.265 e. The Kier molecular flexibility index (Phi) is 45.0.